The second kappa shape index (κ2) is 62.7. The molecule has 9 nitrogen and oxygen atoms in total. The number of amides is 1. The minimum absolute atomic E-state index is 0.135. The first-order valence-corrected chi connectivity index (χ1v) is 35.6. The van der Waals surface area contributed by atoms with Crippen LogP contribution in [0, 0.1) is 0 Å². The van der Waals surface area contributed by atoms with Gasteiger partial charge in [-0.2, -0.15) is 0 Å². The largest absolute Gasteiger partial charge is 0.394 e. The zero-order chi connectivity index (χ0) is 60.0. The van der Waals surface area contributed by atoms with Gasteiger partial charge in [-0.25, -0.2) is 0 Å². The van der Waals surface area contributed by atoms with Crippen molar-refractivity contribution in [2.24, 2.45) is 0 Å². The fourth-order valence-electron chi connectivity index (χ4n) is 11.3. The number of hydrogen-bond donors (Lipinski definition) is 6. The molecule has 1 rings (SSSR count). The smallest absolute Gasteiger partial charge is 0.220 e. The summed E-state index contributed by atoms with van der Waals surface area (Å²) in [5, 5.41) is 54.9. The van der Waals surface area contributed by atoms with Gasteiger partial charge in [-0.3, -0.25) is 4.79 Å². The molecule has 1 amide bonds. The van der Waals surface area contributed by atoms with Gasteiger partial charge in [0.25, 0.3) is 0 Å². The predicted octanol–water partition coefficient (Wildman–Crippen LogP) is 19.5. The highest BCUT2D eigenvalue weighted by atomic mass is 16.7. The summed E-state index contributed by atoms with van der Waals surface area (Å²) in [5.41, 5.74) is 0. The Bertz CT molecular complexity index is 1540. The lowest BCUT2D eigenvalue weighted by molar-refractivity contribution is -0.302. The number of rotatable bonds is 62. The molecule has 0 aliphatic carbocycles. The maximum absolute atomic E-state index is 13.1. The highest BCUT2D eigenvalue weighted by Gasteiger charge is 2.44. The van der Waals surface area contributed by atoms with Crippen molar-refractivity contribution in [1.29, 1.82) is 0 Å². The third-order valence-corrected chi connectivity index (χ3v) is 16.8. The summed E-state index contributed by atoms with van der Waals surface area (Å²) < 4.78 is 11.4. The Morgan fingerprint density at radius 3 is 1.11 bits per heavy atom. The third kappa shape index (κ3) is 51.4. The lowest BCUT2D eigenvalue weighted by Crippen LogP contribution is -2.60. The summed E-state index contributed by atoms with van der Waals surface area (Å²) in [6.07, 6.45) is 81.2. The van der Waals surface area contributed by atoms with Gasteiger partial charge in [0.05, 0.1) is 25.4 Å². The van der Waals surface area contributed by atoms with E-state index in [1.807, 2.05) is 0 Å². The first-order valence-electron chi connectivity index (χ1n) is 35.6. The lowest BCUT2D eigenvalue weighted by atomic mass is 9.99. The Morgan fingerprint density at radius 2 is 0.747 bits per heavy atom. The van der Waals surface area contributed by atoms with E-state index in [9.17, 15) is 30.3 Å². The number of ether oxygens (including phenoxy) is 2. The average molecular weight is 1170 g/mol. The van der Waals surface area contributed by atoms with Gasteiger partial charge < -0.3 is 40.3 Å². The molecule has 0 aromatic carbocycles. The van der Waals surface area contributed by atoms with Gasteiger partial charge >= 0.3 is 0 Å². The number of allylic oxidation sites excluding steroid dienone is 12. The van der Waals surface area contributed by atoms with E-state index >= 15 is 0 Å². The minimum Gasteiger partial charge on any atom is -0.394 e. The van der Waals surface area contributed by atoms with E-state index < -0.39 is 49.5 Å². The zero-order valence-electron chi connectivity index (χ0n) is 54.2. The summed E-state index contributed by atoms with van der Waals surface area (Å²) in [5.74, 6) is -0.139. The van der Waals surface area contributed by atoms with Crippen LogP contribution in [0.25, 0.3) is 0 Å². The fraction of sp³-hybridized carbons (Fsp3) is 0.824. The quantitative estimate of drug-likeness (QED) is 0.0261. The monoisotopic (exact) mass is 1170 g/mol. The van der Waals surface area contributed by atoms with E-state index in [2.05, 4.69) is 92.1 Å². The van der Waals surface area contributed by atoms with E-state index in [0.29, 0.717) is 12.8 Å². The van der Waals surface area contributed by atoms with Crippen LogP contribution in [0.5, 0.6) is 0 Å². The van der Waals surface area contributed by atoms with Crippen LogP contribution in [-0.2, 0) is 14.3 Å². The normalized spacial score (nSPS) is 18.7. The van der Waals surface area contributed by atoms with Crippen molar-refractivity contribution in [3.8, 4) is 0 Å². The number of aliphatic hydroxyl groups is 5. The molecule has 1 aliphatic heterocycles. The Morgan fingerprint density at radius 1 is 0.422 bits per heavy atom. The molecule has 1 saturated heterocycles. The maximum atomic E-state index is 13.1. The average Bonchev–Trinajstić information content (AvgIpc) is 3.61. The minimum atomic E-state index is -1.55. The van der Waals surface area contributed by atoms with Gasteiger partial charge in [-0.15, -0.1) is 0 Å². The van der Waals surface area contributed by atoms with Gasteiger partial charge in [-0.1, -0.05) is 337 Å². The van der Waals surface area contributed by atoms with Crippen LogP contribution >= 0.6 is 0 Å². The summed E-state index contributed by atoms with van der Waals surface area (Å²) >= 11 is 0. The van der Waals surface area contributed by atoms with Gasteiger partial charge in [-0.05, 0) is 64.2 Å². The van der Waals surface area contributed by atoms with Crippen molar-refractivity contribution in [3.63, 3.8) is 0 Å². The van der Waals surface area contributed by atoms with Crippen LogP contribution in [-0.4, -0.2) is 87.5 Å². The molecule has 0 spiro atoms. The maximum Gasteiger partial charge on any atom is 0.220 e. The number of nitrogens with one attached hydrogen (secondary N) is 1. The second-order valence-electron chi connectivity index (χ2n) is 24.7. The number of carbonyl (C=O) groups excluding carboxylic acids is 1. The van der Waals surface area contributed by atoms with E-state index in [0.717, 1.165) is 77.0 Å². The van der Waals surface area contributed by atoms with Crippen LogP contribution in [0.15, 0.2) is 72.9 Å². The van der Waals surface area contributed by atoms with Crippen molar-refractivity contribution < 1.29 is 39.8 Å². The summed E-state index contributed by atoms with van der Waals surface area (Å²) in [7, 11) is 0. The van der Waals surface area contributed by atoms with E-state index in [1.165, 1.54) is 231 Å². The molecule has 7 atom stereocenters. The molecule has 1 heterocycles. The number of hydrogen-bond acceptors (Lipinski definition) is 8. The van der Waals surface area contributed by atoms with Gasteiger partial charge in [0.1, 0.15) is 24.4 Å². The molecule has 1 aliphatic rings. The van der Waals surface area contributed by atoms with Crippen molar-refractivity contribution in [2.75, 3.05) is 13.2 Å². The van der Waals surface area contributed by atoms with Crippen molar-refractivity contribution >= 4 is 5.91 Å². The fourth-order valence-corrected chi connectivity index (χ4v) is 11.3. The zero-order valence-corrected chi connectivity index (χ0v) is 54.2. The molecule has 83 heavy (non-hydrogen) atoms. The number of unbranched alkanes of at least 4 members (excludes halogenated alkanes) is 40. The van der Waals surface area contributed by atoms with Crippen molar-refractivity contribution in [1.82, 2.24) is 5.32 Å². The summed E-state index contributed by atoms with van der Waals surface area (Å²) in [4.78, 5) is 13.1. The molecule has 0 saturated carbocycles. The SMILES string of the molecule is CC/C=C\C/C=C\C/C=C\C/C=C\C/C=C\C/C=C\CCCCCCCCCCCCCCCCCCCCCCCCC(=O)NC(COC1OC(CO)C(O)C(O)C1O)C(O)CCCCCCCCCCCCCCCCCCCCC. The molecule has 9 heteroatoms. The van der Waals surface area contributed by atoms with Gasteiger partial charge in [0.2, 0.25) is 5.91 Å². The number of carbonyl (C=O) groups is 1. The molecule has 0 radical (unpaired) electrons. The third-order valence-electron chi connectivity index (χ3n) is 16.8. The molecule has 1 fully saturated rings. The highest BCUT2D eigenvalue weighted by Crippen LogP contribution is 2.24. The van der Waals surface area contributed by atoms with Gasteiger partial charge in [0.15, 0.2) is 6.29 Å². The van der Waals surface area contributed by atoms with Crippen molar-refractivity contribution in [3.05, 3.63) is 72.9 Å². The molecule has 484 valence electrons. The van der Waals surface area contributed by atoms with Crippen LogP contribution in [0.2, 0.25) is 0 Å². The van der Waals surface area contributed by atoms with Crippen LogP contribution < -0.4 is 5.32 Å². The number of aliphatic hydroxyl groups excluding tert-OH is 5. The summed E-state index contributed by atoms with van der Waals surface area (Å²) in [6.45, 7) is 3.76. The molecule has 6 N–H and O–H groups in total. The van der Waals surface area contributed by atoms with Crippen molar-refractivity contribution in [2.45, 2.75) is 378 Å². The van der Waals surface area contributed by atoms with Crippen LogP contribution in [0.3, 0.4) is 0 Å². The Kier molecular flexibility index (Phi) is 59.4. The predicted molar refractivity (Wildman–Crippen MR) is 355 cm³/mol. The highest BCUT2D eigenvalue weighted by molar-refractivity contribution is 5.76. The topological polar surface area (TPSA) is 149 Å². The van der Waals surface area contributed by atoms with Crippen LogP contribution in [0.1, 0.15) is 335 Å². The molecule has 0 aromatic rings. The van der Waals surface area contributed by atoms with Crippen LogP contribution in [0.4, 0.5) is 0 Å². The second-order valence-corrected chi connectivity index (χ2v) is 24.7. The van der Waals surface area contributed by atoms with E-state index in [4.69, 9.17) is 9.47 Å². The molecular formula is C74H135NO8. The Balaban J connectivity index is 2.04. The molecule has 7 unspecified atom stereocenters. The van der Waals surface area contributed by atoms with Gasteiger partial charge in [0, 0.05) is 6.42 Å². The first kappa shape index (κ1) is 78.6. The molecular weight excluding hydrogens is 1030 g/mol. The lowest BCUT2D eigenvalue weighted by Gasteiger charge is -2.40. The van der Waals surface area contributed by atoms with E-state index in [-0.39, 0.29) is 12.5 Å². The summed E-state index contributed by atoms with van der Waals surface area (Å²) in [6, 6.07) is -0.720. The van der Waals surface area contributed by atoms with E-state index in [1.54, 1.807) is 0 Å². The Labute approximate surface area is 512 Å². The molecule has 0 bridgehead atoms. The molecule has 0 aromatic heterocycles. The standard InChI is InChI=1S/C74H135NO8/c1-3-5-7-9-11-13-15-17-19-21-23-24-25-26-27-28-29-30-31-32-33-34-35-36-37-38-39-40-41-42-43-44-46-48-50-52-54-56-58-60-62-64-70(78)75-67(66-82-74-73(81)72(80)71(79)69(65-76)83-74)68(77)63-61-59-57-55-53-51-49-47-45-22-20-18-16-14-12-10-8-6-4-2/h5,7,11,13,17,19,23-24,26-27,29-30,67-69,71-74,76-77,79-81H,3-4,6,8-10,12,14-16,18,20-22,25,28,31-66H2,1-2H3,(H,75,78)/b7-5-,13-11-,19-17-,24-23-,27-26-,30-29-. The Hall–Kier alpha value is -2.37. The first-order chi connectivity index (χ1) is 40.8.